The van der Waals surface area contributed by atoms with E-state index in [-0.39, 0.29) is 19.0 Å². The minimum absolute atomic E-state index is 0.0408. The summed E-state index contributed by atoms with van der Waals surface area (Å²) in [5.41, 5.74) is 3.90. The molecule has 0 amide bonds. The van der Waals surface area contributed by atoms with Gasteiger partial charge in [0.1, 0.15) is 42.7 Å². The van der Waals surface area contributed by atoms with Crippen LogP contribution in [0.4, 0.5) is 0 Å². The number of thioether (sulfide) groups is 1. The van der Waals surface area contributed by atoms with E-state index in [0.29, 0.717) is 24.7 Å². The standard InChI is InChI=1S/C43H56O11S/c1-28(2)40(29(3)44)55-41-38(51-25-32-21-15-10-16-22-32)36(50-24-31-19-13-9-14-20-31)33(26-49-23-30-17-11-8-12-18-30)54-43(41)52-27-34-35(45-4)37(46-5)39(47-6)42(48-7)53-34/h8-22,33-39,41-43H,23-27H2,1-7H3/t33-,34-,35-,36-,37+,38+,39-,41-,42+,43-/m1/s1. The van der Waals surface area contributed by atoms with Crippen molar-refractivity contribution in [1.29, 1.82) is 0 Å². The summed E-state index contributed by atoms with van der Waals surface area (Å²) in [5.74, 6) is -0.0628. The number of benzene rings is 3. The van der Waals surface area contributed by atoms with Gasteiger partial charge in [0, 0.05) is 33.3 Å². The zero-order valence-electron chi connectivity index (χ0n) is 32.9. The van der Waals surface area contributed by atoms with Crippen LogP contribution in [0.2, 0.25) is 0 Å². The van der Waals surface area contributed by atoms with E-state index in [9.17, 15) is 4.79 Å². The number of ether oxygens (including phenoxy) is 10. The second-order valence-electron chi connectivity index (χ2n) is 13.7. The monoisotopic (exact) mass is 780 g/mol. The summed E-state index contributed by atoms with van der Waals surface area (Å²) in [6.45, 7) is 6.62. The molecule has 2 aliphatic heterocycles. The van der Waals surface area contributed by atoms with E-state index in [0.717, 1.165) is 22.3 Å². The molecule has 11 nitrogen and oxygen atoms in total. The molecular formula is C43H56O11S. The van der Waals surface area contributed by atoms with Gasteiger partial charge >= 0.3 is 0 Å². The van der Waals surface area contributed by atoms with Crippen molar-refractivity contribution >= 4 is 17.5 Å². The zero-order valence-corrected chi connectivity index (χ0v) is 33.7. The molecule has 0 aromatic heterocycles. The Balaban J connectivity index is 1.51. The Morgan fingerprint density at radius 1 is 0.545 bits per heavy atom. The van der Waals surface area contributed by atoms with Crippen LogP contribution >= 0.6 is 11.8 Å². The Kier molecular flexibility index (Phi) is 17.3. The maximum Gasteiger partial charge on any atom is 0.186 e. The van der Waals surface area contributed by atoms with Gasteiger partial charge in [0.2, 0.25) is 0 Å². The number of hydrogen-bond acceptors (Lipinski definition) is 12. The first kappa shape index (κ1) is 43.1. The summed E-state index contributed by atoms with van der Waals surface area (Å²) in [5, 5.41) is -0.559. The van der Waals surface area contributed by atoms with Crippen LogP contribution in [0.3, 0.4) is 0 Å². The average Bonchev–Trinajstić information content (AvgIpc) is 3.21. The molecule has 3 aromatic carbocycles. The number of Topliss-reactive ketones (excluding diaryl/α,β-unsaturated/α-hetero) is 1. The zero-order chi connectivity index (χ0) is 39.2. The molecule has 2 aliphatic rings. The molecule has 55 heavy (non-hydrogen) atoms. The van der Waals surface area contributed by atoms with Crippen LogP contribution in [0.1, 0.15) is 37.5 Å². The molecule has 0 N–H and O–H groups in total. The van der Waals surface area contributed by atoms with Gasteiger partial charge in [-0.05, 0) is 37.5 Å². The minimum atomic E-state index is -0.899. The van der Waals surface area contributed by atoms with Crippen LogP contribution in [0, 0.1) is 0 Å². The quantitative estimate of drug-likeness (QED) is 0.117. The lowest BCUT2D eigenvalue weighted by Gasteiger charge is -2.47. The molecule has 2 fully saturated rings. The lowest BCUT2D eigenvalue weighted by atomic mass is 9.98. The fourth-order valence-electron chi connectivity index (χ4n) is 6.95. The number of ketones is 1. The van der Waals surface area contributed by atoms with Crippen LogP contribution in [0.5, 0.6) is 0 Å². The van der Waals surface area contributed by atoms with Crippen LogP contribution in [0.15, 0.2) is 101 Å². The van der Waals surface area contributed by atoms with Gasteiger partial charge < -0.3 is 47.4 Å². The summed E-state index contributed by atoms with van der Waals surface area (Å²) in [6, 6.07) is 29.9. The molecule has 5 rings (SSSR count). The molecule has 0 radical (unpaired) electrons. The topological polar surface area (TPSA) is 109 Å². The third kappa shape index (κ3) is 11.8. The Labute approximate surface area is 329 Å². The predicted octanol–water partition coefficient (Wildman–Crippen LogP) is 6.52. The van der Waals surface area contributed by atoms with E-state index in [1.54, 1.807) is 35.4 Å². The predicted molar refractivity (Wildman–Crippen MR) is 209 cm³/mol. The molecule has 12 heteroatoms. The molecule has 10 atom stereocenters. The largest absolute Gasteiger partial charge is 0.376 e. The molecule has 2 saturated heterocycles. The van der Waals surface area contributed by atoms with Crippen molar-refractivity contribution in [2.45, 2.75) is 101 Å². The number of allylic oxidation sites excluding steroid dienone is 2. The first-order chi connectivity index (χ1) is 26.8. The molecule has 0 aliphatic carbocycles. The first-order valence-corrected chi connectivity index (χ1v) is 19.5. The summed E-state index contributed by atoms with van der Waals surface area (Å²) in [4.78, 5) is 13.7. The Morgan fingerprint density at radius 2 is 1.04 bits per heavy atom. The normalized spacial score (nSPS) is 28.1. The van der Waals surface area contributed by atoms with Crippen molar-refractivity contribution in [2.75, 3.05) is 41.7 Å². The average molecular weight is 781 g/mol. The number of rotatable bonds is 20. The van der Waals surface area contributed by atoms with Crippen molar-refractivity contribution in [2.24, 2.45) is 0 Å². The smallest absolute Gasteiger partial charge is 0.186 e. The van der Waals surface area contributed by atoms with E-state index in [1.165, 1.54) is 11.8 Å². The highest BCUT2D eigenvalue weighted by atomic mass is 32.2. The van der Waals surface area contributed by atoms with Gasteiger partial charge in [0.15, 0.2) is 18.4 Å². The fourth-order valence-corrected chi connectivity index (χ4v) is 8.24. The molecule has 3 aromatic rings. The number of carbonyl (C=O) groups is 1. The molecule has 0 spiro atoms. The minimum Gasteiger partial charge on any atom is -0.376 e. The van der Waals surface area contributed by atoms with E-state index >= 15 is 0 Å². The molecule has 0 unspecified atom stereocenters. The van der Waals surface area contributed by atoms with Crippen molar-refractivity contribution in [1.82, 2.24) is 0 Å². The maximum absolute atomic E-state index is 13.1. The molecule has 0 saturated carbocycles. The molecular weight excluding hydrogens is 725 g/mol. The summed E-state index contributed by atoms with van der Waals surface area (Å²) >= 11 is 1.38. The third-order valence-electron chi connectivity index (χ3n) is 9.65. The van der Waals surface area contributed by atoms with E-state index in [2.05, 4.69) is 0 Å². The fraction of sp³-hybridized carbons (Fsp3) is 0.512. The molecule has 300 valence electrons. The first-order valence-electron chi connectivity index (χ1n) is 18.6. The highest BCUT2D eigenvalue weighted by molar-refractivity contribution is 8.04. The number of carbonyl (C=O) groups excluding carboxylic acids is 1. The highest BCUT2D eigenvalue weighted by Crippen LogP contribution is 2.40. The Morgan fingerprint density at radius 3 is 1.53 bits per heavy atom. The lowest BCUT2D eigenvalue weighted by molar-refractivity contribution is -0.323. The van der Waals surface area contributed by atoms with Crippen molar-refractivity contribution in [3.05, 3.63) is 118 Å². The van der Waals surface area contributed by atoms with E-state index in [1.807, 2.05) is 105 Å². The lowest BCUT2D eigenvalue weighted by Crippen LogP contribution is -2.62. The van der Waals surface area contributed by atoms with Gasteiger partial charge in [-0.15, -0.1) is 11.8 Å². The van der Waals surface area contributed by atoms with Crippen LogP contribution < -0.4 is 0 Å². The summed E-state index contributed by atoms with van der Waals surface area (Å²) in [6.07, 6.45) is -5.71. The van der Waals surface area contributed by atoms with Gasteiger partial charge in [-0.2, -0.15) is 0 Å². The van der Waals surface area contributed by atoms with E-state index in [4.69, 9.17) is 47.4 Å². The summed E-state index contributed by atoms with van der Waals surface area (Å²) < 4.78 is 63.1. The van der Waals surface area contributed by atoms with Crippen LogP contribution in [0.25, 0.3) is 0 Å². The second-order valence-corrected chi connectivity index (χ2v) is 14.9. The van der Waals surface area contributed by atoms with Crippen molar-refractivity contribution in [3.8, 4) is 0 Å². The van der Waals surface area contributed by atoms with Gasteiger partial charge in [-0.1, -0.05) is 96.6 Å². The van der Waals surface area contributed by atoms with Crippen LogP contribution in [-0.2, 0) is 72.0 Å². The van der Waals surface area contributed by atoms with Crippen LogP contribution in [-0.4, -0.2) is 108 Å². The van der Waals surface area contributed by atoms with Gasteiger partial charge in [0.05, 0.1) is 38.3 Å². The SMILES string of the molecule is CO[C@H]1O[C@H](CO[C@@H]2O[C@H](COCc3ccccc3)[C@@H](OCc3ccccc3)[C@H](OCc3ccccc3)[C@H]2SC(C(C)=O)=C(C)C)[C@@H](OC)[C@H](OC)[C@H]1OC. The van der Waals surface area contributed by atoms with Gasteiger partial charge in [0.25, 0.3) is 0 Å². The Hall–Kier alpha value is -2.98. The van der Waals surface area contributed by atoms with Gasteiger partial charge in [-0.25, -0.2) is 0 Å². The van der Waals surface area contributed by atoms with Crippen molar-refractivity contribution < 1.29 is 52.2 Å². The third-order valence-corrected chi connectivity index (χ3v) is 11.3. The second kappa shape index (κ2) is 22.1. The maximum atomic E-state index is 13.1. The molecule has 0 bridgehead atoms. The molecule has 2 heterocycles. The number of hydrogen-bond donors (Lipinski definition) is 0. The van der Waals surface area contributed by atoms with E-state index < -0.39 is 60.6 Å². The summed E-state index contributed by atoms with van der Waals surface area (Å²) in [7, 11) is 6.33. The number of methoxy groups -OCH3 is 4. The Bertz CT molecular complexity index is 1590. The van der Waals surface area contributed by atoms with Gasteiger partial charge in [-0.3, -0.25) is 4.79 Å². The van der Waals surface area contributed by atoms with Crippen molar-refractivity contribution in [3.63, 3.8) is 0 Å². The highest BCUT2D eigenvalue weighted by Gasteiger charge is 2.51.